The molecule has 0 radical (unpaired) electrons. The molecule has 1 aromatic carbocycles. The highest BCUT2D eigenvalue weighted by Gasteiger charge is 2.46. The van der Waals surface area contributed by atoms with Gasteiger partial charge in [0.05, 0.1) is 32.3 Å². The number of Topliss-reactive ketones (excluding diaryl/α,β-unsaturated/α-hetero) is 1. The number of ketones is 1. The molecule has 1 fully saturated rings. The average molecular weight is 386 g/mol. The zero-order valence-electron chi connectivity index (χ0n) is 15.9. The van der Waals surface area contributed by atoms with E-state index in [2.05, 4.69) is 14.1 Å². The van der Waals surface area contributed by atoms with E-state index in [-0.39, 0.29) is 11.3 Å². The maximum Gasteiger partial charge on any atom is 0.295 e. The van der Waals surface area contributed by atoms with Crippen LogP contribution in [0.2, 0.25) is 0 Å². The molecule has 2 N–H and O–H groups in total. The monoisotopic (exact) mass is 385 g/mol. The Morgan fingerprint density at radius 1 is 1.19 bits per heavy atom. The van der Waals surface area contributed by atoms with E-state index in [1.54, 1.807) is 17.0 Å². The van der Waals surface area contributed by atoms with Crippen molar-refractivity contribution in [2.45, 2.75) is 19.4 Å². The van der Waals surface area contributed by atoms with Crippen LogP contribution in [0.1, 0.15) is 28.5 Å². The number of thiophene rings is 1. The van der Waals surface area contributed by atoms with Gasteiger partial charge in [-0.05, 0) is 18.4 Å². The van der Waals surface area contributed by atoms with Crippen molar-refractivity contribution in [1.29, 1.82) is 0 Å². The third kappa shape index (κ3) is 3.96. The van der Waals surface area contributed by atoms with E-state index >= 15 is 0 Å². The minimum Gasteiger partial charge on any atom is -0.507 e. The van der Waals surface area contributed by atoms with E-state index in [9.17, 15) is 14.7 Å². The number of amides is 1. The van der Waals surface area contributed by atoms with Gasteiger partial charge in [0.2, 0.25) is 0 Å². The summed E-state index contributed by atoms with van der Waals surface area (Å²) in [5.74, 6) is -1.24. The summed E-state index contributed by atoms with van der Waals surface area (Å²) in [6, 6.07) is 10.6. The van der Waals surface area contributed by atoms with E-state index in [4.69, 9.17) is 0 Å². The fourth-order valence-electron chi connectivity index (χ4n) is 3.32. The maximum absolute atomic E-state index is 12.8. The second kappa shape index (κ2) is 8.06. The molecule has 2 aromatic rings. The quantitative estimate of drug-likeness (QED) is 0.454. The van der Waals surface area contributed by atoms with Gasteiger partial charge in [-0.2, -0.15) is 0 Å². The molecule has 5 nitrogen and oxygen atoms in total. The SMILES string of the molecule is Cc1ccc(/C(O)=C2\C(=O)C(=O)N(CCC[NH+](C)C)[C@@H]2c2cccs2)cc1. The van der Waals surface area contributed by atoms with Crippen molar-refractivity contribution in [3.05, 3.63) is 63.4 Å². The third-order valence-corrected chi connectivity index (χ3v) is 5.68. The molecule has 27 heavy (non-hydrogen) atoms. The van der Waals surface area contributed by atoms with Gasteiger partial charge in [-0.3, -0.25) is 9.59 Å². The Kier molecular flexibility index (Phi) is 5.77. The number of quaternary nitrogens is 1. The summed E-state index contributed by atoms with van der Waals surface area (Å²) in [7, 11) is 4.12. The number of carbonyl (C=O) groups is 2. The topological polar surface area (TPSA) is 62.0 Å². The first kappa shape index (κ1) is 19.3. The van der Waals surface area contributed by atoms with Crippen molar-refractivity contribution >= 4 is 28.8 Å². The van der Waals surface area contributed by atoms with Gasteiger partial charge >= 0.3 is 0 Å². The predicted molar refractivity (Wildman–Crippen MR) is 107 cm³/mol. The van der Waals surface area contributed by atoms with Gasteiger partial charge in [-0.25, -0.2) is 0 Å². The van der Waals surface area contributed by atoms with Crippen molar-refractivity contribution < 1.29 is 19.6 Å². The molecule has 0 spiro atoms. The van der Waals surface area contributed by atoms with Gasteiger partial charge in [0.25, 0.3) is 11.7 Å². The smallest absolute Gasteiger partial charge is 0.295 e. The molecule has 6 heteroatoms. The van der Waals surface area contributed by atoms with E-state index in [1.165, 1.54) is 16.2 Å². The van der Waals surface area contributed by atoms with Crippen molar-refractivity contribution in [1.82, 2.24) is 4.90 Å². The molecule has 1 amide bonds. The lowest BCUT2D eigenvalue weighted by Crippen LogP contribution is -3.05. The van der Waals surface area contributed by atoms with Crippen molar-refractivity contribution in [2.24, 2.45) is 0 Å². The van der Waals surface area contributed by atoms with Gasteiger partial charge in [0, 0.05) is 23.4 Å². The van der Waals surface area contributed by atoms with Crippen molar-refractivity contribution in [3.8, 4) is 0 Å². The highest BCUT2D eigenvalue weighted by Crippen LogP contribution is 2.41. The van der Waals surface area contributed by atoms with Crippen LogP contribution in [0.3, 0.4) is 0 Å². The lowest BCUT2D eigenvalue weighted by Gasteiger charge is -2.24. The first-order chi connectivity index (χ1) is 12.9. The number of carbonyl (C=O) groups excluding carboxylic acids is 2. The van der Waals surface area contributed by atoms with E-state index in [1.807, 2.05) is 36.6 Å². The van der Waals surface area contributed by atoms with Gasteiger partial charge < -0.3 is 14.9 Å². The Labute approximate surface area is 163 Å². The number of hydrogen-bond donors (Lipinski definition) is 2. The van der Waals surface area contributed by atoms with Gasteiger partial charge in [-0.1, -0.05) is 35.9 Å². The number of nitrogens with zero attached hydrogens (tertiary/aromatic N) is 1. The number of aryl methyl sites for hydroxylation is 1. The Morgan fingerprint density at radius 3 is 2.48 bits per heavy atom. The molecule has 2 heterocycles. The fraction of sp³-hybridized carbons (Fsp3) is 0.333. The minimum atomic E-state index is -0.608. The standard InChI is InChI=1S/C21H24N2O3S/c1-14-7-9-15(10-8-14)19(24)17-18(16-6-4-13-27-16)23(21(26)20(17)25)12-5-11-22(2)3/h4,6-10,13,18,24H,5,11-12H2,1-3H3/p+1/b19-17+/t18-/m1/s1. The molecule has 0 bridgehead atoms. The fourth-order valence-corrected chi connectivity index (χ4v) is 4.17. The van der Waals surface area contributed by atoms with Gasteiger partial charge in [0.1, 0.15) is 5.76 Å². The molecular weight excluding hydrogens is 360 g/mol. The zero-order chi connectivity index (χ0) is 19.6. The van der Waals surface area contributed by atoms with Crippen molar-refractivity contribution in [3.63, 3.8) is 0 Å². The first-order valence-corrected chi connectivity index (χ1v) is 9.96. The molecule has 0 aliphatic carbocycles. The summed E-state index contributed by atoms with van der Waals surface area (Å²) in [6.07, 6.45) is 0.793. The largest absolute Gasteiger partial charge is 0.507 e. The summed E-state index contributed by atoms with van der Waals surface area (Å²) >= 11 is 1.49. The Hall–Kier alpha value is -2.44. The number of hydrogen-bond acceptors (Lipinski definition) is 4. The average Bonchev–Trinajstić information content (AvgIpc) is 3.24. The number of rotatable bonds is 6. The van der Waals surface area contributed by atoms with Crippen LogP contribution in [0.25, 0.3) is 5.76 Å². The number of aliphatic hydroxyl groups is 1. The van der Waals surface area contributed by atoms with Crippen LogP contribution >= 0.6 is 11.3 Å². The van der Waals surface area contributed by atoms with Crippen LogP contribution in [0, 0.1) is 6.92 Å². The molecule has 3 rings (SSSR count). The molecule has 0 unspecified atom stereocenters. The Balaban J connectivity index is 2.03. The summed E-state index contributed by atoms with van der Waals surface area (Å²) in [5, 5.41) is 12.8. The second-order valence-electron chi connectivity index (χ2n) is 7.18. The predicted octanol–water partition coefficient (Wildman–Crippen LogP) is 2.01. The molecular formula is C21H25N2O3S+. The second-order valence-corrected chi connectivity index (χ2v) is 8.16. The number of nitrogens with one attached hydrogen (secondary N) is 1. The van der Waals surface area contributed by atoms with Crippen LogP contribution < -0.4 is 4.90 Å². The summed E-state index contributed by atoms with van der Waals surface area (Å²) in [5.41, 5.74) is 1.80. The maximum atomic E-state index is 12.8. The summed E-state index contributed by atoms with van der Waals surface area (Å²) < 4.78 is 0. The molecule has 1 atom stereocenters. The molecule has 1 aromatic heterocycles. The van der Waals surface area contributed by atoms with E-state index < -0.39 is 17.7 Å². The summed E-state index contributed by atoms with van der Waals surface area (Å²) in [6.45, 7) is 3.35. The normalized spacial score (nSPS) is 19.3. The van der Waals surface area contributed by atoms with Crippen LogP contribution in [-0.4, -0.2) is 48.9 Å². The molecule has 1 saturated heterocycles. The van der Waals surface area contributed by atoms with Crippen LogP contribution in [0.4, 0.5) is 0 Å². The number of likely N-dealkylation sites (tertiary alicyclic amines) is 1. The van der Waals surface area contributed by atoms with Crippen molar-refractivity contribution in [2.75, 3.05) is 27.2 Å². The van der Waals surface area contributed by atoms with Crippen LogP contribution in [0.15, 0.2) is 47.4 Å². The lowest BCUT2D eigenvalue weighted by atomic mass is 9.99. The van der Waals surface area contributed by atoms with Crippen LogP contribution in [0.5, 0.6) is 0 Å². The summed E-state index contributed by atoms with van der Waals surface area (Å²) in [4.78, 5) is 29.3. The number of aliphatic hydroxyl groups excluding tert-OH is 1. The van der Waals surface area contributed by atoms with Gasteiger partial charge in [0.15, 0.2) is 0 Å². The van der Waals surface area contributed by atoms with E-state index in [0.717, 1.165) is 23.4 Å². The zero-order valence-corrected chi connectivity index (χ0v) is 16.7. The molecule has 1 aliphatic rings. The minimum absolute atomic E-state index is 0.104. The highest BCUT2D eigenvalue weighted by molar-refractivity contribution is 7.10. The molecule has 142 valence electrons. The lowest BCUT2D eigenvalue weighted by molar-refractivity contribution is -0.858. The Bertz CT molecular complexity index is 854. The van der Waals surface area contributed by atoms with E-state index in [0.29, 0.717) is 12.1 Å². The third-order valence-electron chi connectivity index (χ3n) is 4.75. The number of benzene rings is 1. The molecule has 1 aliphatic heterocycles. The highest BCUT2D eigenvalue weighted by atomic mass is 32.1. The van der Waals surface area contributed by atoms with Crippen LogP contribution in [-0.2, 0) is 9.59 Å². The first-order valence-electron chi connectivity index (χ1n) is 9.08. The molecule has 0 saturated carbocycles. The van der Waals surface area contributed by atoms with Gasteiger partial charge in [-0.15, -0.1) is 11.3 Å². The Morgan fingerprint density at radius 2 is 1.89 bits per heavy atom.